The number of benzene rings is 2. The topological polar surface area (TPSA) is 37.3 Å². The molecular weight excluding hydrogens is 236 g/mol. The van der Waals surface area contributed by atoms with Crippen molar-refractivity contribution in [2.24, 2.45) is 0 Å². The maximum atomic E-state index is 12.2. The number of carbonyl (C=O) groups is 1. The predicted molar refractivity (Wildman–Crippen MR) is 75.8 cm³/mol. The summed E-state index contributed by atoms with van der Waals surface area (Å²) in [6.45, 7) is 3.79. The lowest BCUT2D eigenvalue weighted by molar-refractivity contribution is 0.105. The first-order valence-electron chi connectivity index (χ1n) is 5.72. The van der Waals surface area contributed by atoms with Gasteiger partial charge in [-0.2, -0.15) is 0 Å². The second-order valence-electron chi connectivity index (χ2n) is 4.05. The van der Waals surface area contributed by atoms with E-state index in [1.807, 2.05) is 0 Å². The Morgan fingerprint density at radius 2 is 1.74 bits per heavy atom. The average Bonchev–Trinajstić information content (AvgIpc) is 2.46. The van der Waals surface area contributed by atoms with Crippen molar-refractivity contribution >= 4 is 11.4 Å². The number of carbonyl (C=O) groups excluding carboxylic acids is 1. The number of Topliss-reactive ketones (excluding diaryl/α,β-unsaturated/α-hetero) is 1. The van der Waals surface area contributed by atoms with Crippen LogP contribution in [-0.2, 0) is 0 Å². The van der Waals surface area contributed by atoms with Gasteiger partial charge in [-0.1, -0.05) is 36.8 Å². The van der Waals surface area contributed by atoms with Gasteiger partial charge in [-0.05, 0) is 29.8 Å². The molecule has 2 heteroatoms. The molecule has 0 aliphatic rings. The van der Waals surface area contributed by atoms with Crippen LogP contribution in [0.4, 0.5) is 0 Å². The van der Waals surface area contributed by atoms with Crippen LogP contribution in [-0.4, -0.2) is 10.9 Å². The summed E-state index contributed by atoms with van der Waals surface area (Å²) in [6.07, 6.45) is 5.27. The zero-order valence-corrected chi connectivity index (χ0v) is 10.3. The number of aromatic hydroxyl groups is 1. The standard InChI is InChI=1S/C17H12O2/c1-3-13-8-10-14(11-9-13)12(2)17(19)15-6-4-5-7-16(15)18/h1,4-11,18H,2H2. The van der Waals surface area contributed by atoms with E-state index in [9.17, 15) is 9.90 Å². The lowest BCUT2D eigenvalue weighted by Crippen LogP contribution is -2.02. The second-order valence-corrected chi connectivity index (χ2v) is 4.05. The third-order valence-electron chi connectivity index (χ3n) is 2.82. The van der Waals surface area contributed by atoms with Crippen LogP contribution in [0.5, 0.6) is 5.75 Å². The molecule has 0 unspecified atom stereocenters. The molecule has 0 aromatic heterocycles. The number of rotatable bonds is 3. The Morgan fingerprint density at radius 1 is 1.11 bits per heavy atom. The smallest absolute Gasteiger partial charge is 0.196 e. The summed E-state index contributed by atoms with van der Waals surface area (Å²) in [5.74, 6) is 2.16. The fourth-order valence-electron chi connectivity index (χ4n) is 1.73. The van der Waals surface area contributed by atoms with Crippen molar-refractivity contribution in [2.45, 2.75) is 0 Å². The van der Waals surface area contributed by atoms with Crippen LogP contribution in [0.1, 0.15) is 21.5 Å². The molecule has 0 atom stereocenters. The largest absolute Gasteiger partial charge is 0.507 e. The minimum atomic E-state index is -0.299. The molecule has 0 fully saturated rings. The van der Waals surface area contributed by atoms with Gasteiger partial charge in [0, 0.05) is 11.1 Å². The molecule has 0 saturated carbocycles. The van der Waals surface area contributed by atoms with Gasteiger partial charge in [0.15, 0.2) is 5.78 Å². The van der Waals surface area contributed by atoms with Crippen molar-refractivity contribution < 1.29 is 9.90 Å². The molecule has 0 aliphatic carbocycles. The fourth-order valence-corrected chi connectivity index (χ4v) is 1.73. The van der Waals surface area contributed by atoms with E-state index in [0.29, 0.717) is 11.1 Å². The van der Waals surface area contributed by atoms with Gasteiger partial charge in [0.05, 0.1) is 5.56 Å². The summed E-state index contributed by atoms with van der Waals surface area (Å²) in [6, 6.07) is 13.4. The molecule has 0 bridgehead atoms. The summed E-state index contributed by atoms with van der Waals surface area (Å²) >= 11 is 0. The first kappa shape index (κ1) is 12.7. The van der Waals surface area contributed by atoms with Crippen LogP contribution in [0.15, 0.2) is 55.1 Å². The minimum absolute atomic E-state index is 0.0473. The highest BCUT2D eigenvalue weighted by molar-refractivity contribution is 6.29. The first-order valence-corrected chi connectivity index (χ1v) is 5.72. The van der Waals surface area contributed by atoms with Gasteiger partial charge in [-0.25, -0.2) is 0 Å². The van der Waals surface area contributed by atoms with E-state index in [4.69, 9.17) is 6.42 Å². The van der Waals surface area contributed by atoms with E-state index in [1.54, 1.807) is 42.5 Å². The zero-order chi connectivity index (χ0) is 13.8. The summed E-state index contributed by atoms with van der Waals surface area (Å²) in [5, 5.41) is 9.67. The molecule has 2 aromatic rings. The summed E-state index contributed by atoms with van der Waals surface area (Å²) in [4.78, 5) is 12.2. The Bertz CT molecular complexity index is 673. The highest BCUT2D eigenvalue weighted by Gasteiger charge is 2.15. The molecule has 0 heterocycles. The fraction of sp³-hybridized carbons (Fsp3) is 0. The molecule has 0 spiro atoms. The number of hydrogen-bond acceptors (Lipinski definition) is 2. The molecule has 0 saturated heterocycles. The number of phenolic OH excluding ortho intramolecular Hbond substituents is 1. The molecule has 2 rings (SSSR count). The Kier molecular flexibility index (Phi) is 3.49. The van der Waals surface area contributed by atoms with Gasteiger partial charge < -0.3 is 5.11 Å². The Balaban J connectivity index is 2.32. The van der Waals surface area contributed by atoms with Crippen LogP contribution in [0, 0.1) is 12.3 Å². The summed E-state index contributed by atoms with van der Waals surface area (Å²) in [7, 11) is 0. The predicted octanol–water partition coefficient (Wildman–Crippen LogP) is 3.27. The number of para-hydroxylation sites is 1. The number of terminal acetylenes is 1. The Labute approximate surface area is 112 Å². The van der Waals surface area contributed by atoms with Crippen molar-refractivity contribution in [3.63, 3.8) is 0 Å². The highest BCUT2D eigenvalue weighted by atomic mass is 16.3. The van der Waals surface area contributed by atoms with Gasteiger partial charge >= 0.3 is 0 Å². The maximum absolute atomic E-state index is 12.2. The van der Waals surface area contributed by atoms with Gasteiger partial charge in [0.2, 0.25) is 0 Å². The van der Waals surface area contributed by atoms with Crippen molar-refractivity contribution in [3.05, 3.63) is 71.8 Å². The lowest BCUT2D eigenvalue weighted by Gasteiger charge is -2.07. The van der Waals surface area contributed by atoms with Crippen LogP contribution < -0.4 is 0 Å². The van der Waals surface area contributed by atoms with Gasteiger partial charge in [0.1, 0.15) is 5.75 Å². The van der Waals surface area contributed by atoms with Crippen LogP contribution in [0.3, 0.4) is 0 Å². The maximum Gasteiger partial charge on any atom is 0.196 e. The molecule has 0 radical (unpaired) electrons. The van der Waals surface area contributed by atoms with Crippen LogP contribution in [0.25, 0.3) is 5.57 Å². The van der Waals surface area contributed by atoms with Gasteiger partial charge in [0.25, 0.3) is 0 Å². The van der Waals surface area contributed by atoms with Crippen molar-refractivity contribution in [3.8, 4) is 18.1 Å². The van der Waals surface area contributed by atoms with E-state index in [1.165, 1.54) is 6.07 Å². The molecular formula is C17H12O2. The van der Waals surface area contributed by atoms with Crippen LogP contribution >= 0.6 is 0 Å². The highest BCUT2D eigenvalue weighted by Crippen LogP contribution is 2.24. The van der Waals surface area contributed by atoms with E-state index < -0.39 is 0 Å². The third kappa shape index (κ3) is 2.56. The van der Waals surface area contributed by atoms with E-state index in [0.717, 1.165) is 5.56 Å². The molecule has 0 aliphatic heterocycles. The Hall–Kier alpha value is -2.79. The number of ketones is 1. The molecule has 19 heavy (non-hydrogen) atoms. The normalized spacial score (nSPS) is 9.63. The minimum Gasteiger partial charge on any atom is -0.507 e. The summed E-state index contributed by atoms with van der Waals surface area (Å²) < 4.78 is 0. The van der Waals surface area contributed by atoms with Gasteiger partial charge in [-0.3, -0.25) is 4.79 Å². The van der Waals surface area contributed by atoms with Crippen molar-refractivity contribution in [1.82, 2.24) is 0 Å². The van der Waals surface area contributed by atoms with Crippen molar-refractivity contribution in [2.75, 3.05) is 0 Å². The van der Waals surface area contributed by atoms with E-state index >= 15 is 0 Å². The Morgan fingerprint density at radius 3 is 2.32 bits per heavy atom. The van der Waals surface area contributed by atoms with Gasteiger partial charge in [-0.15, -0.1) is 6.42 Å². The lowest BCUT2D eigenvalue weighted by atomic mass is 9.97. The quantitative estimate of drug-likeness (QED) is 0.514. The first-order chi connectivity index (χ1) is 9.13. The molecule has 2 nitrogen and oxygen atoms in total. The number of hydrogen-bond donors (Lipinski definition) is 1. The number of phenols is 1. The molecule has 0 amide bonds. The van der Waals surface area contributed by atoms with E-state index in [-0.39, 0.29) is 17.1 Å². The average molecular weight is 248 g/mol. The summed E-state index contributed by atoms with van der Waals surface area (Å²) in [5.41, 5.74) is 2.00. The monoisotopic (exact) mass is 248 g/mol. The van der Waals surface area contributed by atoms with Crippen LogP contribution in [0.2, 0.25) is 0 Å². The van der Waals surface area contributed by atoms with E-state index in [2.05, 4.69) is 12.5 Å². The SMILES string of the molecule is C#Cc1ccc(C(=C)C(=O)c2ccccc2O)cc1. The molecule has 92 valence electrons. The molecule has 2 aromatic carbocycles. The zero-order valence-electron chi connectivity index (χ0n) is 10.3. The van der Waals surface area contributed by atoms with Crippen molar-refractivity contribution in [1.29, 1.82) is 0 Å². The number of allylic oxidation sites excluding steroid dienone is 1. The second kappa shape index (κ2) is 5.24. The third-order valence-corrected chi connectivity index (χ3v) is 2.82. The molecule has 1 N–H and O–H groups in total.